The molecular formula is C25H26ClFN4O2. The number of rotatable bonds is 4. The van der Waals surface area contributed by atoms with Crippen LogP contribution in [0.1, 0.15) is 36.9 Å². The molecule has 4 aromatic rings. The molecule has 1 fully saturated rings. The van der Waals surface area contributed by atoms with E-state index in [2.05, 4.69) is 9.97 Å². The van der Waals surface area contributed by atoms with Crippen LogP contribution in [0.15, 0.2) is 42.7 Å². The maximum absolute atomic E-state index is 14.7. The minimum Gasteiger partial charge on any atom is -0.390 e. The predicted octanol–water partition coefficient (Wildman–Crippen LogP) is 4.57. The van der Waals surface area contributed by atoms with Gasteiger partial charge in [-0.25, -0.2) is 14.4 Å². The molecule has 1 aromatic carbocycles. The summed E-state index contributed by atoms with van der Waals surface area (Å²) in [5, 5.41) is 23.5. The van der Waals surface area contributed by atoms with Gasteiger partial charge in [0.15, 0.2) is 0 Å². The summed E-state index contributed by atoms with van der Waals surface area (Å²) in [7, 11) is 0. The van der Waals surface area contributed by atoms with Gasteiger partial charge in [0.05, 0.1) is 22.7 Å². The Bertz CT molecular complexity index is 1370. The fraction of sp³-hybridized carbons (Fsp3) is 0.360. The quantitative estimate of drug-likeness (QED) is 0.407. The van der Waals surface area contributed by atoms with E-state index in [0.29, 0.717) is 30.2 Å². The summed E-state index contributed by atoms with van der Waals surface area (Å²) in [5.41, 5.74) is 8.35. The first-order chi connectivity index (χ1) is 15.7. The van der Waals surface area contributed by atoms with Gasteiger partial charge in [0.25, 0.3) is 0 Å². The Morgan fingerprint density at radius 2 is 2.03 bits per heavy atom. The number of aromatic nitrogens is 3. The van der Waals surface area contributed by atoms with Gasteiger partial charge in [-0.15, -0.1) is 0 Å². The second kappa shape index (κ2) is 7.94. The molecule has 0 amide bonds. The van der Waals surface area contributed by atoms with Gasteiger partial charge in [-0.1, -0.05) is 18.5 Å². The third-order valence-corrected chi connectivity index (χ3v) is 7.51. The minimum atomic E-state index is -0.926. The summed E-state index contributed by atoms with van der Waals surface area (Å²) < 4.78 is 16.6. The first kappa shape index (κ1) is 22.1. The lowest BCUT2D eigenvalue weighted by Crippen LogP contribution is -2.35. The number of aryl methyl sites for hydroxylation is 2. The summed E-state index contributed by atoms with van der Waals surface area (Å²) in [6.45, 7) is 4.00. The Morgan fingerprint density at radius 1 is 1.24 bits per heavy atom. The van der Waals surface area contributed by atoms with Crippen LogP contribution in [0.25, 0.3) is 21.9 Å². The largest absolute Gasteiger partial charge is 0.390 e. The lowest BCUT2D eigenvalue weighted by atomic mass is 9.80. The number of hydrogen-bond donors (Lipinski definition) is 3. The van der Waals surface area contributed by atoms with Crippen LogP contribution in [0.2, 0.25) is 5.02 Å². The van der Waals surface area contributed by atoms with Crippen molar-refractivity contribution in [1.82, 2.24) is 14.5 Å². The maximum Gasteiger partial charge on any atom is 0.142 e. The lowest BCUT2D eigenvalue weighted by molar-refractivity contribution is -0.0241. The average molecular weight is 469 g/mol. The van der Waals surface area contributed by atoms with Crippen LogP contribution in [0.4, 0.5) is 10.2 Å². The molecule has 5 rings (SSSR count). The molecule has 0 radical (unpaired) electrons. The van der Waals surface area contributed by atoms with Crippen molar-refractivity contribution in [3.63, 3.8) is 0 Å². The summed E-state index contributed by atoms with van der Waals surface area (Å²) in [6, 6.07) is 8.41. The van der Waals surface area contributed by atoms with E-state index >= 15 is 0 Å². The third kappa shape index (κ3) is 3.64. The molecule has 3 aromatic heterocycles. The Morgan fingerprint density at radius 3 is 2.82 bits per heavy atom. The highest BCUT2D eigenvalue weighted by atomic mass is 35.5. The number of anilines is 1. The molecule has 1 aliphatic rings. The smallest absolute Gasteiger partial charge is 0.142 e. The third-order valence-electron chi connectivity index (χ3n) is 7.21. The van der Waals surface area contributed by atoms with Gasteiger partial charge in [0.1, 0.15) is 23.4 Å². The number of fused-ring (bicyclic) bond motifs is 2. The highest BCUT2D eigenvalue weighted by Crippen LogP contribution is 2.48. The molecule has 3 heterocycles. The fourth-order valence-electron chi connectivity index (χ4n) is 5.17. The van der Waals surface area contributed by atoms with Crippen LogP contribution in [-0.4, -0.2) is 37.0 Å². The zero-order valence-corrected chi connectivity index (χ0v) is 19.2. The first-order valence-corrected chi connectivity index (χ1v) is 11.4. The molecule has 1 saturated carbocycles. The van der Waals surface area contributed by atoms with Crippen molar-refractivity contribution in [1.29, 1.82) is 0 Å². The Kier molecular flexibility index (Phi) is 5.31. The first-order valence-electron chi connectivity index (χ1n) is 11.0. The molecule has 33 heavy (non-hydrogen) atoms. The molecule has 0 bridgehead atoms. The van der Waals surface area contributed by atoms with E-state index in [1.807, 2.05) is 36.7 Å². The van der Waals surface area contributed by atoms with E-state index < -0.39 is 23.4 Å². The zero-order chi connectivity index (χ0) is 23.5. The Labute approximate surface area is 195 Å². The minimum absolute atomic E-state index is 0.160. The van der Waals surface area contributed by atoms with E-state index in [4.69, 9.17) is 17.3 Å². The van der Waals surface area contributed by atoms with Gasteiger partial charge >= 0.3 is 0 Å². The van der Waals surface area contributed by atoms with E-state index in [0.717, 1.165) is 22.2 Å². The van der Waals surface area contributed by atoms with Crippen LogP contribution in [0.5, 0.6) is 0 Å². The van der Waals surface area contributed by atoms with Gasteiger partial charge in [-0.3, -0.25) is 0 Å². The van der Waals surface area contributed by atoms with Crippen LogP contribution >= 0.6 is 11.6 Å². The molecule has 6 nitrogen and oxygen atoms in total. The standard InChI is InChI=1S/C25H26ClFN4O2/c1-13-4-7-29-24-15(13)5-8-31(24)20-12-25(2,22(33)21(20)32)6-3-14-9-18(27)16-11-17(26)23(28)30-19(16)10-14/h4-5,7-11,20-22,32-33H,3,6,12H2,1-2H3,(H2,28,30)/t20-,21+,22+,25+/m1/s1. The molecular weight excluding hydrogens is 443 g/mol. The predicted molar refractivity (Wildman–Crippen MR) is 128 cm³/mol. The maximum atomic E-state index is 14.7. The van der Waals surface area contributed by atoms with Gasteiger partial charge in [-0.2, -0.15) is 0 Å². The highest BCUT2D eigenvalue weighted by Gasteiger charge is 2.50. The normalized spacial score (nSPS) is 25.3. The second-order valence-corrected chi connectivity index (χ2v) is 9.86. The monoisotopic (exact) mass is 468 g/mol. The summed E-state index contributed by atoms with van der Waals surface area (Å²) >= 11 is 5.98. The number of halogens is 2. The van der Waals surface area contributed by atoms with Crippen molar-refractivity contribution in [2.45, 2.75) is 51.4 Å². The van der Waals surface area contributed by atoms with Crippen LogP contribution in [0, 0.1) is 18.2 Å². The van der Waals surface area contributed by atoms with Crippen molar-refractivity contribution in [3.8, 4) is 0 Å². The molecule has 4 N–H and O–H groups in total. The summed E-state index contributed by atoms with van der Waals surface area (Å²) in [4.78, 5) is 8.71. The number of nitrogens with two attached hydrogens (primary N) is 1. The molecule has 0 saturated heterocycles. The molecule has 8 heteroatoms. The Hall–Kier alpha value is -2.74. The van der Waals surface area contributed by atoms with E-state index in [1.54, 1.807) is 12.3 Å². The number of pyridine rings is 2. The Balaban J connectivity index is 1.40. The molecule has 0 unspecified atom stereocenters. The number of nitrogen functional groups attached to an aromatic ring is 1. The molecule has 4 atom stereocenters. The topological polar surface area (TPSA) is 97.2 Å². The van der Waals surface area contributed by atoms with Gasteiger partial charge in [0.2, 0.25) is 0 Å². The van der Waals surface area contributed by atoms with Crippen molar-refractivity contribution in [2.75, 3.05) is 5.73 Å². The number of hydrogen-bond acceptors (Lipinski definition) is 5. The molecule has 0 aliphatic heterocycles. The van der Waals surface area contributed by atoms with Crippen LogP contribution < -0.4 is 5.73 Å². The van der Waals surface area contributed by atoms with Crippen LogP contribution in [-0.2, 0) is 6.42 Å². The van der Waals surface area contributed by atoms with Gasteiger partial charge < -0.3 is 20.5 Å². The number of benzene rings is 1. The number of aliphatic hydroxyl groups is 2. The highest BCUT2D eigenvalue weighted by molar-refractivity contribution is 6.33. The number of nitrogens with zero attached hydrogens (tertiary/aromatic N) is 3. The molecule has 172 valence electrons. The van der Waals surface area contributed by atoms with Gasteiger partial charge in [0, 0.05) is 23.2 Å². The summed E-state index contributed by atoms with van der Waals surface area (Å²) in [5.74, 6) is -0.250. The van der Waals surface area contributed by atoms with Gasteiger partial charge in [-0.05, 0) is 73.1 Å². The lowest BCUT2D eigenvalue weighted by Gasteiger charge is -2.28. The zero-order valence-electron chi connectivity index (χ0n) is 18.5. The average Bonchev–Trinajstić information content (AvgIpc) is 3.30. The van der Waals surface area contributed by atoms with Crippen molar-refractivity contribution < 1.29 is 14.6 Å². The SMILES string of the molecule is Cc1ccnc2c1ccn2[C@@H]1C[C@](C)(CCc2cc(F)c3cc(Cl)c(N)nc3c2)[C@@H](O)[C@H]1O. The summed E-state index contributed by atoms with van der Waals surface area (Å²) in [6.07, 6.45) is 3.51. The van der Waals surface area contributed by atoms with Crippen molar-refractivity contribution in [2.24, 2.45) is 5.41 Å². The second-order valence-electron chi connectivity index (χ2n) is 9.45. The molecule has 1 aliphatic carbocycles. The number of aliphatic hydroxyl groups excluding tert-OH is 2. The van der Waals surface area contributed by atoms with E-state index in [9.17, 15) is 14.6 Å². The molecule has 0 spiro atoms. The van der Waals surface area contributed by atoms with Crippen molar-refractivity contribution in [3.05, 3.63) is 64.7 Å². The van der Waals surface area contributed by atoms with Crippen molar-refractivity contribution >= 4 is 39.4 Å². The fourth-order valence-corrected chi connectivity index (χ4v) is 5.32. The van der Waals surface area contributed by atoms with E-state index in [-0.39, 0.29) is 16.9 Å². The van der Waals surface area contributed by atoms with Crippen LogP contribution in [0.3, 0.4) is 0 Å². The van der Waals surface area contributed by atoms with E-state index in [1.165, 1.54) is 12.1 Å².